The fourth-order valence-electron chi connectivity index (χ4n) is 1.83. The monoisotopic (exact) mass is 281 g/mol. The van der Waals surface area contributed by atoms with Crippen LogP contribution in [0.5, 0.6) is 0 Å². The van der Waals surface area contributed by atoms with Gasteiger partial charge in [-0.3, -0.25) is 0 Å². The van der Waals surface area contributed by atoms with Crippen molar-refractivity contribution in [3.63, 3.8) is 0 Å². The molecule has 0 aromatic carbocycles. The number of hydrogen-bond donors (Lipinski definition) is 1. The third-order valence-electron chi connectivity index (χ3n) is 2.71. The van der Waals surface area contributed by atoms with Crippen LogP contribution in [0.2, 0.25) is 0 Å². The Kier molecular flexibility index (Phi) is 2.00. The molecule has 0 saturated heterocycles. The Hall–Kier alpha value is -1.43. The van der Waals surface area contributed by atoms with Crippen LogP contribution in [-0.2, 0) is 0 Å². The number of hydrogen-bond acceptors (Lipinski definition) is 3. The van der Waals surface area contributed by atoms with Crippen LogP contribution >= 0.6 is 15.9 Å². The van der Waals surface area contributed by atoms with E-state index in [1.165, 1.54) is 6.33 Å². The van der Waals surface area contributed by atoms with Crippen molar-refractivity contribution in [2.75, 3.05) is 0 Å². The molecule has 1 N–H and O–H groups in total. The van der Waals surface area contributed by atoms with Crippen molar-refractivity contribution in [3.8, 4) is 0 Å². The van der Waals surface area contributed by atoms with Crippen molar-refractivity contribution in [2.24, 2.45) is 0 Å². The third kappa shape index (κ3) is 1.33. The highest BCUT2D eigenvalue weighted by Gasteiger charge is 2.27. The average Bonchev–Trinajstić information content (AvgIpc) is 3.04. The highest BCUT2D eigenvalue weighted by molar-refractivity contribution is 9.10. The fourth-order valence-corrected chi connectivity index (χ4v) is 2.42. The molecular weight excluding hydrogens is 274 g/mol. The molecule has 82 valence electrons. The summed E-state index contributed by atoms with van der Waals surface area (Å²) in [6.45, 7) is 0. The van der Waals surface area contributed by atoms with E-state index in [4.69, 9.17) is 5.11 Å². The fraction of sp³-hybridized carbons (Fsp3) is 0.300. The molecular formula is C10H8BrN3O2. The maximum Gasteiger partial charge on any atom is 0.355 e. The zero-order valence-electron chi connectivity index (χ0n) is 8.22. The lowest BCUT2D eigenvalue weighted by Gasteiger charge is -2.01. The second kappa shape index (κ2) is 3.28. The Morgan fingerprint density at radius 3 is 2.88 bits per heavy atom. The van der Waals surface area contributed by atoms with Gasteiger partial charge in [0, 0.05) is 16.7 Å². The van der Waals surface area contributed by atoms with Crippen molar-refractivity contribution in [2.45, 2.75) is 18.9 Å². The number of rotatable bonds is 2. The smallest absolute Gasteiger partial charge is 0.355 e. The molecule has 1 aliphatic rings. The Morgan fingerprint density at radius 1 is 1.50 bits per heavy atom. The number of halogens is 1. The maximum absolute atomic E-state index is 11.0. The first-order valence-electron chi connectivity index (χ1n) is 4.93. The van der Waals surface area contributed by atoms with Gasteiger partial charge in [0.1, 0.15) is 12.0 Å². The van der Waals surface area contributed by atoms with Gasteiger partial charge in [0.05, 0.1) is 5.39 Å². The predicted molar refractivity (Wildman–Crippen MR) is 60.5 cm³/mol. The molecule has 5 nitrogen and oxygen atoms in total. The minimum Gasteiger partial charge on any atom is -0.476 e. The van der Waals surface area contributed by atoms with Gasteiger partial charge < -0.3 is 9.67 Å². The molecule has 3 rings (SSSR count). The summed E-state index contributed by atoms with van der Waals surface area (Å²) in [4.78, 5) is 19.0. The van der Waals surface area contributed by atoms with Crippen molar-refractivity contribution >= 4 is 32.9 Å². The molecule has 1 fully saturated rings. The molecule has 2 aromatic rings. The number of aromatic carboxylic acids is 1. The van der Waals surface area contributed by atoms with E-state index in [1.807, 2.05) is 10.8 Å². The number of nitrogens with zero attached hydrogens (tertiary/aromatic N) is 3. The normalized spacial score (nSPS) is 15.6. The second-order valence-electron chi connectivity index (χ2n) is 3.84. The molecule has 2 aromatic heterocycles. The largest absolute Gasteiger partial charge is 0.476 e. The molecule has 0 aliphatic heterocycles. The van der Waals surface area contributed by atoms with Gasteiger partial charge in [0.2, 0.25) is 0 Å². The van der Waals surface area contributed by atoms with E-state index in [0.29, 0.717) is 17.1 Å². The Morgan fingerprint density at radius 2 is 2.25 bits per heavy atom. The summed E-state index contributed by atoms with van der Waals surface area (Å²) in [5, 5.41) is 9.64. The number of carboxylic acids is 1. The predicted octanol–water partition coefficient (Wildman–Crippen LogP) is 2.23. The van der Waals surface area contributed by atoms with Crippen LogP contribution in [0.15, 0.2) is 17.0 Å². The third-order valence-corrected chi connectivity index (χ3v) is 3.31. The molecule has 0 unspecified atom stereocenters. The van der Waals surface area contributed by atoms with Crippen molar-refractivity contribution in [1.82, 2.24) is 14.5 Å². The molecule has 0 radical (unpaired) electrons. The number of carboxylic acid groups (broad SMARTS) is 1. The van der Waals surface area contributed by atoms with Crippen LogP contribution in [0.4, 0.5) is 0 Å². The van der Waals surface area contributed by atoms with E-state index in [0.717, 1.165) is 17.3 Å². The van der Waals surface area contributed by atoms with E-state index in [9.17, 15) is 4.79 Å². The van der Waals surface area contributed by atoms with Crippen molar-refractivity contribution in [3.05, 3.63) is 22.7 Å². The second-order valence-corrected chi connectivity index (χ2v) is 4.70. The first-order chi connectivity index (χ1) is 7.68. The molecule has 1 saturated carbocycles. The number of fused-ring (bicyclic) bond motifs is 1. The molecule has 16 heavy (non-hydrogen) atoms. The highest BCUT2D eigenvalue weighted by atomic mass is 79.9. The average molecular weight is 282 g/mol. The molecule has 0 atom stereocenters. The summed E-state index contributed by atoms with van der Waals surface area (Å²) in [7, 11) is 0. The summed E-state index contributed by atoms with van der Waals surface area (Å²) in [6, 6.07) is 0.463. The molecule has 0 spiro atoms. The summed E-state index contributed by atoms with van der Waals surface area (Å²) in [5.74, 6) is -1.03. The van der Waals surface area contributed by atoms with Crippen LogP contribution in [0.1, 0.15) is 29.4 Å². The quantitative estimate of drug-likeness (QED) is 0.917. The van der Waals surface area contributed by atoms with Crippen LogP contribution in [0.3, 0.4) is 0 Å². The van der Waals surface area contributed by atoms with E-state index in [2.05, 4.69) is 25.9 Å². The molecule has 0 bridgehead atoms. The minimum absolute atomic E-state index is 0.0521. The summed E-state index contributed by atoms with van der Waals surface area (Å²) in [5.41, 5.74) is 0.748. The Balaban J connectivity index is 2.35. The van der Waals surface area contributed by atoms with E-state index in [-0.39, 0.29) is 5.69 Å². The van der Waals surface area contributed by atoms with Gasteiger partial charge in [-0.1, -0.05) is 0 Å². The van der Waals surface area contributed by atoms with Gasteiger partial charge in [-0.05, 0) is 28.8 Å². The lowest BCUT2D eigenvalue weighted by molar-refractivity contribution is 0.0692. The molecule has 2 heterocycles. The number of aromatic nitrogens is 3. The Labute approximate surface area is 99.2 Å². The summed E-state index contributed by atoms with van der Waals surface area (Å²) >= 11 is 3.37. The zero-order valence-corrected chi connectivity index (χ0v) is 9.81. The first-order valence-corrected chi connectivity index (χ1v) is 5.72. The molecule has 1 aliphatic carbocycles. The summed E-state index contributed by atoms with van der Waals surface area (Å²) in [6.07, 6.45) is 5.45. The summed E-state index contributed by atoms with van der Waals surface area (Å²) < 4.78 is 2.76. The van der Waals surface area contributed by atoms with Crippen LogP contribution < -0.4 is 0 Å². The zero-order chi connectivity index (χ0) is 11.3. The van der Waals surface area contributed by atoms with E-state index < -0.39 is 5.97 Å². The lowest BCUT2D eigenvalue weighted by atomic mass is 10.3. The highest BCUT2D eigenvalue weighted by Crippen LogP contribution is 2.39. The van der Waals surface area contributed by atoms with Crippen LogP contribution in [-0.4, -0.2) is 25.6 Å². The van der Waals surface area contributed by atoms with Crippen molar-refractivity contribution in [1.29, 1.82) is 0 Å². The number of carbonyl (C=O) groups is 1. The van der Waals surface area contributed by atoms with Gasteiger partial charge in [0.25, 0.3) is 0 Å². The SMILES string of the molecule is O=C(O)c1ncnc2c1c(Br)cn2C1CC1. The van der Waals surface area contributed by atoms with E-state index in [1.54, 1.807) is 0 Å². The van der Waals surface area contributed by atoms with Gasteiger partial charge in [-0.2, -0.15) is 0 Å². The minimum atomic E-state index is -1.03. The van der Waals surface area contributed by atoms with Gasteiger partial charge in [-0.25, -0.2) is 14.8 Å². The van der Waals surface area contributed by atoms with Gasteiger partial charge in [-0.15, -0.1) is 0 Å². The van der Waals surface area contributed by atoms with Crippen molar-refractivity contribution < 1.29 is 9.90 Å². The van der Waals surface area contributed by atoms with Gasteiger partial charge in [0.15, 0.2) is 5.69 Å². The standard InChI is InChI=1S/C10H8BrN3O2/c11-6-3-14(5-1-2-5)9-7(6)8(10(15)16)12-4-13-9/h3-5H,1-2H2,(H,15,16). The lowest BCUT2D eigenvalue weighted by Crippen LogP contribution is -2.02. The van der Waals surface area contributed by atoms with Crippen LogP contribution in [0.25, 0.3) is 11.0 Å². The molecule has 0 amide bonds. The molecule has 6 heteroatoms. The topological polar surface area (TPSA) is 68.0 Å². The Bertz CT molecular complexity index is 589. The van der Waals surface area contributed by atoms with Gasteiger partial charge >= 0.3 is 5.97 Å². The van der Waals surface area contributed by atoms with E-state index >= 15 is 0 Å². The van der Waals surface area contributed by atoms with Crippen LogP contribution in [0, 0.1) is 0 Å². The maximum atomic E-state index is 11.0. The first kappa shape index (κ1) is 9.77.